The average Bonchev–Trinajstić information content (AvgIpc) is 2.75. The molecule has 5 heteroatoms. The first-order chi connectivity index (χ1) is 14.4. The highest BCUT2D eigenvalue weighted by Gasteiger charge is 2.14. The number of aliphatic carboxylic acids is 1. The van der Waals surface area contributed by atoms with Gasteiger partial charge in [0.1, 0.15) is 0 Å². The van der Waals surface area contributed by atoms with Crippen LogP contribution in [-0.2, 0) is 16.1 Å². The van der Waals surface area contributed by atoms with Crippen LogP contribution in [0.4, 0.5) is 0 Å². The Bertz CT molecular complexity index is 874. The van der Waals surface area contributed by atoms with E-state index in [1.165, 1.54) is 18.9 Å². The molecule has 0 aliphatic carbocycles. The van der Waals surface area contributed by atoms with E-state index in [-0.39, 0.29) is 11.8 Å². The first kappa shape index (κ1) is 23.2. The van der Waals surface area contributed by atoms with Crippen LogP contribution in [0.2, 0.25) is 0 Å². The van der Waals surface area contributed by atoms with Crippen LogP contribution in [0.25, 0.3) is 17.2 Å². The SMILES string of the molecule is CCCCCCC(C)C(=O)NCc1cc(/C=C(\O)C(=O)O)ccc1-c1ccccc1. The van der Waals surface area contributed by atoms with Gasteiger partial charge in [-0.05, 0) is 40.8 Å². The van der Waals surface area contributed by atoms with Gasteiger partial charge in [0.2, 0.25) is 11.7 Å². The number of carbonyl (C=O) groups is 2. The Labute approximate surface area is 178 Å². The summed E-state index contributed by atoms with van der Waals surface area (Å²) in [6.45, 7) is 4.45. The molecule has 2 aromatic carbocycles. The van der Waals surface area contributed by atoms with E-state index < -0.39 is 11.7 Å². The van der Waals surface area contributed by atoms with E-state index >= 15 is 0 Å². The van der Waals surface area contributed by atoms with Crippen molar-refractivity contribution in [1.82, 2.24) is 5.32 Å². The minimum atomic E-state index is -1.38. The predicted molar refractivity (Wildman–Crippen MR) is 120 cm³/mol. The fourth-order valence-electron chi connectivity index (χ4n) is 3.33. The summed E-state index contributed by atoms with van der Waals surface area (Å²) in [4.78, 5) is 23.5. The maximum absolute atomic E-state index is 12.5. The number of unbranched alkanes of at least 4 members (excludes halogenated alkanes) is 3. The van der Waals surface area contributed by atoms with Crippen LogP contribution in [0, 0.1) is 5.92 Å². The monoisotopic (exact) mass is 409 g/mol. The summed E-state index contributed by atoms with van der Waals surface area (Å²) in [7, 11) is 0. The molecule has 0 radical (unpaired) electrons. The molecule has 0 aromatic heterocycles. The van der Waals surface area contributed by atoms with Crippen molar-refractivity contribution in [3.05, 3.63) is 65.4 Å². The Morgan fingerprint density at radius 3 is 2.43 bits per heavy atom. The average molecular weight is 410 g/mol. The van der Waals surface area contributed by atoms with Gasteiger partial charge in [0.05, 0.1) is 0 Å². The first-order valence-electron chi connectivity index (χ1n) is 10.5. The third kappa shape index (κ3) is 7.07. The van der Waals surface area contributed by atoms with Crippen molar-refractivity contribution in [2.24, 2.45) is 5.92 Å². The molecule has 30 heavy (non-hydrogen) atoms. The Morgan fingerprint density at radius 1 is 1.03 bits per heavy atom. The van der Waals surface area contributed by atoms with Gasteiger partial charge in [-0.1, -0.05) is 82.0 Å². The molecule has 0 spiro atoms. The summed E-state index contributed by atoms with van der Waals surface area (Å²) in [5.41, 5.74) is 3.39. The van der Waals surface area contributed by atoms with Gasteiger partial charge in [0, 0.05) is 12.5 Å². The second kappa shape index (κ2) is 11.8. The lowest BCUT2D eigenvalue weighted by Crippen LogP contribution is -2.29. The second-order valence-corrected chi connectivity index (χ2v) is 7.59. The van der Waals surface area contributed by atoms with Crippen molar-refractivity contribution in [1.29, 1.82) is 0 Å². The van der Waals surface area contributed by atoms with Crippen molar-refractivity contribution < 1.29 is 19.8 Å². The number of amides is 1. The summed E-state index contributed by atoms with van der Waals surface area (Å²) < 4.78 is 0. The molecule has 1 atom stereocenters. The van der Waals surface area contributed by atoms with Crippen molar-refractivity contribution in [2.45, 2.75) is 52.5 Å². The molecule has 0 aliphatic heterocycles. The smallest absolute Gasteiger partial charge is 0.370 e. The molecule has 0 bridgehead atoms. The van der Waals surface area contributed by atoms with E-state index in [1.54, 1.807) is 12.1 Å². The number of aliphatic hydroxyl groups is 1. The van der Waals surface area contributed by atoms with Crippen molar-refractivity contribution >= 4 is 18.0 Å². The third-order valence-corrected chi connectivity index (χ3v) is 5.13. The molecule has 0 fully saturated rings. The van der Waals surface area contributed by atoms with Crippen LogP contribution in [-0.4, -0.2) is 22.1 Å². The highest BCUT2D eigenvalue weighted by Crippen LogP contribution is 2.26. The number of carboxylic acids is 1. The molecule has 3 N–H and O–H groups in total. The number of carbonyl (C=O) groups excluding carboxylic acids is 1. The molecule has 2 rings (SSSR count). The molecule has 1 amide bonds. The summed E-state index contributed by atoms with van der Waals surface area (Å²) in [6, 6.07) is 15.2. The fraction of sp³-hybridized carbons (Fsp3) is 0.360. The van der Waals surface area contributed by atoms with E-state index in [0.29, 0.717) is 12.1 Å². The van der Waals surface area contributed by atoms with E-state index in [4.69, 9.17) is 5.11 Å². The molecular formula is C25H31NO4. The van der Waals surface area contributed by atoms with E-state index in [2.05, 4.69) is 12.2 Å². The molecule has 0 aliphatic rings. The lowest BCUT2D eigenvalue weighted by molar-refractivity contribution is -0.135. The van der Waals surface area contributed by atoms with E-state index in [9.17, 15) is 14.7 Å². The summed E-state index contributed by atoms with van der Waals surface area (Å²) in [5.74, 6) is -2.15. The normalized spacial score (nSPS) is 12.4. The Morgan fingerprint density at radius 2 is 1.77 bits per heavy atom. The van der Waals surface area contributed by atoms with Gasteiger partial charge in [-0.3, -0.25) is 4.79 Å². The molecular weight excluding hydrogens is 378 g/mol. The predicted octanol–water partition coefficient (Wildman–Crippen LogP) is 5.56. The third-order valence-electron chi connectivity index (χ3n) is 5.13. The highest BCUT2D eigenvalue weighted by molar-refractivity contribution is 5.89. The lowest BCUT2D eigenvalue weighted by Gasteiger charge is -2.15. The number of benzene rings is 2. The number of nitrogens with one attached hydrogen (secondary N) is 1. The number of rotatable bonds is 11. The van der Waals surface area contributed by atoms with Gasteiger partial charge < -0.3 is 15.5 Å². The minimum Gasteiger partial charge on any atom is -0.502 e. The van der Waals surface area contributed by atoms with Gasteiger partial charge in [-0.25, -0.2) is 4.79 Å². The van der Waals surface area contributed by atoms with Gasteiger partial charge in [-0.2, -0.15) is 0 Å². The molecule has 0 saturated heterocycles. The second-order valence-electron chi connectivity index (χ2n) is 7.59. The number of hydrogen-bond donors (Lipinski definition) is 3. The summed E-state index contributed by atoms with van der Waals surface area (Å²) in [5, 5.41) is 21.5. The molecule has 2 aromatic rings. The van der Waals surface area contributed by atoms with Crippen LogP contribution in [0.1, 0.15) is 57.1 Å². The quantitative estimate of drug-likeness (QED) is 0.258. The van der Waals surface area contributed by atoms with Gasteiger partial charge >= 0.3 is 5.97 Å². The highest BCUT2D eigenvalue weighted by atomic mass is 16.4. The molecule has 0 saturated carbocycles. The zero-order valence-corrected chi connectivity index (χ0v) is 17.7. The Hall–Kier alpha value is -3.08. The largest absolute Gasteiger partial charge is 0.502 e. The van der Waals surface area contributed by atoms with Crippen LogP contribution >= 0.6 is 0 Å². The standard InChI is InChI=1S/C25H31NO4/c1-3-4-5-7-10-18(2)24(28)26-17-21-15-19(16-23(27)25(29)30)13-14-22(21)20-11-8-6-9-12-20/h6,8-9,11-16,18,27H,3-5,7,10,17H2,1-2H3,(H,26,28)(H,29,30)/b23-16-. The summed E-state index contributed by atoms with van der Waals surface area (Å²) in [6.07, 6.45) is 6.63. The topological polar surface area (TPSA) is 86.6 Å². The first-order valence-corrected chi connectivity index (χ1v) is 10.5. The van der Waals surface area contributed by atoms with Gasteiger partial charge in [-0.15, -0.1) is 0 Å². The van der Waals surface area contributed by atoms with E-state index in [0.717, 1.165) is 36.0 Å². The van der Waals surface area contributed by atoms with Crippen molar-refractivity contribution in [3.8, 4) is 11.1 Å². The van der Waals surface area contributed by atoms with Crippen molar-refractivity contribution in [3.63, 3.8) is 0 Å². The van der Waals surface area contributed by atoms with Crippen LogP contribution in [0.3, 0.4) is 0 Å². The maximum atomic E-state index is 12.5. The van der Waals surface area contributed by atoms with Crippen LogP contribution < -0.4 is 5.32 Å². The zero-order valence-electron chi connectivity index (χ0n) is 17.7. The molecule has 0 heterocycles. The van der Waals surface area contributed by atoms with Gasteiger partial charge in [0.15, 0.2) is 0 Å². The fourth-order valence-corrected chi connectivity index (χ4v) is 3.33. The minimum absolute atomic E-state index is 0.0137. The summed E-state index contributed by atoms with van der Waals surface area (Å²) >= 11 is 0. The number of aliphatic hydroxyl groups excluding tert-OH is 1. The molecule has 1 unspecified atom stereocenters. The number of carboxylic acid groups (broad SMARTS) is 1. The molecule has 5 nitrogen and oxygen atoms in total. The maximum Gasteiger partial charge on any atom is 0.370 e. The Kier molecular flexibility index (Phi) is 9.13. The van der Waals surface area contributed by atoms with Crippen LogP contribution in [0.5, 0.6) is 0 Å². The van der Waals surface area contributed by atoms with Crippen molar-refractivity contribution in [2.75, 3.05) is 0 Å². The zero-order chi connectivity index (χ0) is 21.9. The van der Waals surface area contributed by atoms with Crippen LogP contribution in [0.15, 0.2) is 54.3 Å². The number of hydrogen-bond acceptors (Lipinski definition) is 3. The molecule has 160 valence electrons. The lowest BCUT2D eigenvalue weighted by atomic mass is 9.96. The Balaban J connectivity index is 2.17. The van der Waals surface area contributed by atoms with E-state index in [1.807, 2.05) is 43.3 Å². The van der Waals surface area contributed by atoms with Gasteiger partial charge in [0.25, 0.3) is 0 Å².